The van der Waals surface area contributed by atoms with Crippen molar-refractivity contribution in [3.05, 3.63) is 60.7 Å². The van der Waals surface area contributed by atoms with Crippen molar-refractivity contribution in [2.45, 2.75) is 19.2 Å². The van der Waals surface area contributed by atoms with Crippen LogP contribution in [0.25, 0.3) is 0 Å². The van der Waals surface area contributed by atoms with Crippen molar-refractivity contribution in [1.82, 2.24) is 0 Å². The van der Waals surface area contributed by atoms with Crippen molar-refractivity contribution in [3.63, 3.8) is 0 Å². The van der Waals surface area contributed by atoms with Gasteiger partial charge in [-0.1, -0.05) is 67.6 Å². The van der Waals surface area contributed by atoms with Gasteiger partial charge in [-0.3, -0.25) is 0 Å². The molecule has 96 valence electrons. The Balaban J connectivity index is 0.00000162. The molecule has 18 heavy (non-hydrogen) atoms. The molecule has 0 spiro atoms. The van der Waals surface area contributed by atoms with Crippen molar-refractivity contribution in [2.24, 2.45) is 0 Å². The molecule has 0 heterocycles. The molecule has 1 N–H and O–H groups in total. The van der Waals surface area contributed by atoms with Crippen LogP contribution in [0.5, 0.6) is 0 Å². The van der Waals surface area contributed by atoms with Gasteiger partial charge in [0, 0.05) is 0 Å². The van der Waals surface area contributed by atoms with E-state index in [2.05, 4.69) is 24.3 Å². The minimum Gasteiger partial charge on any atom is -0.388 e. The first-order chi connectivity index (χ1) is 8.33. The number of hydrogen-bond donors (Lipinski definition) is 1. The molecule has 0 bridgehead atoms. The molecule has 0 amide bonds. The first-order valence-electron chi connectivity index (χ1n) is 5.90. The standard InChI is InChI=1S/C15H17OP.HI/c1-2-15(16)17(13-9-5-3-6-10-13)14-11-7-4-8-12-14;/h3-12,15-16H,2H2,1H3;1H. The van der Waals surface area contributed by atoms with E-state index in [1.54, 1.807) is 0 Å². The molecule has 3 heteroatoms. The molecule has 0 aliphatic heterocycles. The van der Waals surface area contributed by atoms with E-state index >= 15 is 0 Å². The Kier molecular flexibility index (Phi) is 6.83. The van der Waals surface area contributed by atoms with Gasteiger partial charge in [-0.05, 0) is 25.0 Å². The molecular formula is C15H18IOP. The fourth-order valence-electron chi connectivity index (χ4n) is 1.85. The lowest BCUT2D eigenvalue weighted by molar-refractivity contribution is 0.255. The molecule has 0 saturated carbocycles. The molecule has 0 aliphatic carbocycles. The SMILES string of the molecule is CCC(O)P(c1ccccc1)c1ccccc1.I. The monoisotopic (exact) mass is 372 g/mol. The summed E-state index contributed by atoms with van der Waals surface area (Å²) in [5.74, 6) is -0.269. The molecule has 1 atom stereocenters. The Morgan fingerprint density at radius 1 is 0.889 bits per heavy atom. The summed E-state index contributed by atoms with van der Waals surface area (Å²) >= 11 is 0. The van der Waals surface area contributed by atoms with Gasteiger partial charge in [-0.25, -0.2) is 0 Å². The minimum absolute atomic E-state index is 0. The maximum Gasteiger partial charge on any atom is 0.0811 e. The normalized spacial score (nSPS) is 11.9. The summed E-state index contributed by atoms with van der Waals surface area (Å²) in [6.07, 6.45) is 0.787. The molecule has 0 radical (unpaired) electrons. The predicted octanol–water partition coefficient (Wildman–Crippen LogP) is 3.47. The van der Waals surface area contributed by atoms with Crippen LogP contribution in [0.1, 0.15) is 13.3 Å². The third-order valence-corrected chi connectivity index (χ3v) is 5.40. The van der Waals surface area contributed by atoms with Crippen LogP contribution in [0.3, 0.4) is 0 Å². The summed E-state index contributed by atoms with van der Waals surface area (Å²) in [7, 11) is -0.657. The Bertz CT molecular complexity index is 407. The van der Waals surface area contributed by atoms with E-state index in [0.29, 0.717) is 0 Å². The summed E-state index contributed by atoms with van der Waals surface area (Å²) in [5, 5.41) is 12.7. The van der Waals surface area contributed by atoms with Crippen LogP contribution in [0, 0.1) is 0 Å². The first kappa shape index (κ1) is 15.6. The van der Waals surface area contributed by atoms with E-state index in [1.807, 2.05) is 43.3 Å². The van der Waals surface area contributed by atoms with Crippen LogP contribution in [0.15, 0.2) is 60.7 Å². The van der Waals surface area contributed by atoms with Crippen LogP contribution in [0.2, 0.25) is 0 Å². The van der Waals surface area contributed by atoms with Gasteiger partial charge in [0.25, 0.3) is 0 Å². The molecule has 0 aliphatic rings. The number of aliphatic hydroxyl groups is 1. The lowest BCUT2D eigenvalue weighted by Crippen LogP contribution is -2.20. The van der Waals surface area contributed by atoms with Crippen molar-refractivity contribution >= 4 is 42.5 Å². The van der Waals surface area contributed by atoms with Gasteiger partial charge in [0.15, 0.2) is 0 Å². The van der Waals surface area contributed by atoms with Gasteiger partial charge in [0.05, 0.1) is 5.85 Å². The van der Waals surface area contributed by atoms with E-state index in [0.717, 1.165) is 6.42 Å². The maximum absolute atomic E-state index is 10.3. The number of halogens is 1. The highest BCUT2D eigenvalue weighted by atomic mass is 127. The third kappa shape index (κ3) is 3.78. The average molecular weight is 372 g/mol. The van der Waals surface area contributed by atoms with E-state index in [9.17, 15) is 5.11 Å². The van der Waals surface area contributed by atoms with Gasteiger partial charge in [-0.15, -0.1) is 24.0 Å². The Hall–Kier alpha value is -0.440. The van der Waals surface area contributed by atoms with Crippen molar-refractivity contribution in [3.8, 4) is 0 Å². The summed E-state index contributed by atoms with van der Waals surface area (Å²) in [6, 6.07) is 20.6. The number of aliphatic hydroxyl groups excluding tert-OH is 1. The van der Waals surface area contributed by atoms with E-state index in [-0.39, 0.29) is 29.8 Å². The van der Waals surface area contributed by atoms with E-state index < -0.39 is 7.92 Å². The van der Waals surface area contributed by atoms with Crippen LogP contribution < -0.4 is 10.6 Å². The van der Waals surface area contributed by atoms with Gasteiger partial charge >= 0.3 is 0 Å². The third-order valence-electron chi connectivity index (χ3n) is 2.73. The minimum atomic E-state index is -0.657. The van der Waals surface area contributed by atoms with Crippen LogP contribution in [-0.2, 0) is 0 Å². The molecule has 0 aromatic heterocycles. The molecular weight excluding hydrogens is 354 g/mol. The number of hydrogen-bond acceptors (Lipinski definition) is 1. The average Bonchev–Trinajstić information content (AvgIpc) is 2.41. The maximum atomic E-state index is 10.3. The second-order valence-corrected chi connectivity index (χ2v) is 6.30. The smallest absolute Gasteiger partial charge is 0.0811 e. The molecule has 1 nitrogen and oxygen atoms in total. The van der Waals surface area contributed by atoms with Crippen molar-refractivity contribution in [1.29, 1.82) is 0 Å². The van der Waals surface area contributed by atoms with E-state index in [4.69, 9.17) is 0 Å². The van der Waals surface area contributed by atoms with Gasteiger partial charge in [-0.2, -0.15) is 0 Å². The quantitative estimate of drug-likeness (QED) is 0.644. The van der Waals surface area contributed by atoms with Crippen molar-refractivity contribution in [2.75, 3.05) is 0 Å². The van der Waals surface area contributed by atoms with Crippen molar-refractivity contribution < 1.29 is 5.11 Å². The highest BCUT2D eigenvalue weighted by molar-refractivity contribution is 14.0. The Morgan fingerprint density at radius 3 is 1.61 bits per heavy atom. The number of benzene rings is 2. The molecule has 2 aromatic rings. The summed E-state index contributed by atoms with van der Waals surface area (Å²) in [4.78, 5) is 0. The first-order valence-corrected chi connectivity index (χ1v) is 7.31. The molecule has 1 unspecified atom stereocenters. The zero-order valence-electron chi connectivity index (χ0n) is 10.4. The van der Waals surface area contributed by atoms with Crippen LogP contribution in [0.4, 0.5) is 0 Å². The van der Waals surface area contributed by atoms with Crippen LogP contribution in [-0.4, -0.2) is 11.0 Å². The largest absolute Gasteiger partial charge is 0.388 e. The molecule has 2 aromatic carbocycles. The summed E-state index contributed by atoms with van der Waals surface area (Å²) in [5.41, 5.74) is 0. The predicted molar refractivity (Wildman–Crippen MR) is 90.8 cm³/mol. The van der Waals surface area contributed by atoms with Gasteiger partial charge in [0.1, 0.15) is 0 Å². The molecule has 0 fully saturated rings. The molecule has 0 saturated heterocycles. The number of rotatable bonds is 4. The second kappa shape index (κ2) is 7.88. The summed E-state index contributed by atoms with van der Waals surface area (Å²) < 4.78 is 0. The fourth-order valence-corrected chi connectivity index (χ4v) is 4.19. The Labute approximate surface area is 127 Å². The second-order valence-electron chi connectivity index (χ2n) is 3.93. The topological polar surface area (TPSA) is 20.2 Å². The van der Waals surface area contributed by atoms with Gasteiger partial charge in [0.2, 0.25) is 0 Å². The van der Waals surface area contributed by atoms with Gasteiger partial charge < -0.3 is 5.11 Å². The zero-order valence-corrected chi connectivity index (χ0v) is 13.6. The lowest BCUT2D eigenvalue weighted by atomic mass is 10.4. The molecule has 2 rings (SSSR count). The highest BCUT2D eigenvalue weighted by Gasteiger charge is 2.20. The zero-order chi connectivity index (χ0) is 12.1. The highest BCUT2D eigenvalue weighted by Crippen LogP contribution is 2.39. The van der Waals surface area contributed by atoms with E-state index in [1.165, 1.54) is 10.6 Å². The summed E-state index contributed by atoms with van der Waals surface area (Å²) in [6.45, 7) is 2.03. The Morgan fingerprint density at radius 2 is 1.28 bits per heavy atom. The fraction of sp³-hybridized carbons (Fsp3) is 0.200. The lowest BCUT2D eigenvalue weighted by Gasteiger charge is -2.23. The van der Waals surface area contributed by atoms with Crippen LogP contribution >= 0.6 is 31.9 Å².